The number of hydrogen-bond acceptors (Lipinski definition) is 6. The third-order valence-corrected chi connectivity index (χ3v) is 3.54. The fraction of sp³-hybridized carbons (Fsp3) is 0.214. The number of nitrogens with zero attached hydrogens (tertiary/aromatic N) is 2. The van der Waals surface area contributed by atoms with Gasteiger partial charge in [0, 0.05) is 18.6 Å². The molecule has 110 valence electrons. The largest absolute Gasteiger partial charge is 0.508 e. The molecule has 2 rings (SSSR count). The average molecular weight is 306 g/mol. The lowest BCUT2D eigenvalue weighted by Gasteiger charge is -2.13. The van der Waals surface area contributed by atoms with E-state index in [9.17, 15) is 14.7 Å². The van der Waals surface area contributed by atoms with E-state index in [2.05, 4.69) is 4.98 Å². The first-order valence-electron chi connectivity index (χ1n) is 6.16. The van der Waals surface area contributed by atoms with Gasteiger partial charge in [-0.05, 0) is 17.7 Å². The number of aromatic nitrogens is 1. The number of thiazole rings is 1. The van der Waals surface area contributed by atoms with Crippen molar-refractivity contribution in [3.63, 3.8) is 0 Å². The fourth-order valence-corrected chi connectivity index (χ4v) is 2.24. The van der Waals surface area contributed by atoms with Gasteiger partial charge in [-0.15, -0.1) is 11.3 Å². The van der Waals surface area contributed by atoms with Gasteiger partial charge in [-0.25, -0.2) is 4.98 Å². The minimum absolute atomic E-state index is 0.00263. The fourth-order valence-electron chi connectivity index (χ4n) is 1.61. The van der Waals surface area contributed by atoms with Crippen molar-refractivity contribution in [2.45, 2.75) is 6.42 Å². The van der Waals surface area contributed by atoms with E-state index >= 15 is 0 Å². The summed E-state index contributed by atoms with van der Waals surface area (Å²) in [5.74, 6) is -0.796. The van der Waals surface area contributed by atoms with E-state index < -0.39 is 5.97 Å². The molecule has 1 N–H and O–H groups in total. The number of benzene rings is 1. The second-order valence-corrected chi connectivity index (χ2v) is 5.15. The minimum Gasteiger partial charge on any atom is -0.508 e. The molecule has 1 heterocycles. The molecule has 0 aliphatic carbocycles. The topological polar surface area (TPSA) is 79.7 Å². The number of esters is 1. The van der Waals surface area contributed by atoms with Gasteiger partial charge in [-0.2, -0.15) is 0 Å². The quantitative estimate of drug-likeness (QED) is 0.849. The predicted molar refractivity (Wildman–Crippen MR) is 78.3 cm³/mol. The van der Waals surface area contributed by atoms with E-state index in [0.29, 0.717) is 10.7 Å². The number of ether oxygens (including phenoxy) is 1. The molecule has 0 aliphatic heterocycles. The van der Waals surface area contributed by atoms with Crippen LogP contribution in [0.5, 0.6) is 5.75 Å². The number of phenolic OH excluding ortho intramolecular Hbond substituents is 1. The van der Waals surface area contributed by atoms with Crippen molar-refractivity contribution in [2.75, 3.05) is 18.6 Å². The van der Waals surface area contributed by atoms with Crippen LogP contribution in [0, 0.1) is 0 Å². The third kappa shape index (κ3) is 4.28. The number of phenols is 1. The highest BCUT2D eigenvalue weighted by Gasteiger charge is 2.15. The Morgan fingerprint density at radius 2 is 2.24 bits per heavy atom. The molecule has 0 unspecified atom stereocenters. The smallest absolute Gasteiger partial charge is 0.310 e. The van der Waals surface area contributed by atoms with Gasteiger partial charge < -0.3 is 9.84 Å². The Balaban J connectivity index is 1.82. The molecule has 21 heavy (non-hydrogen) atoms. The number of aromatic hydroxyl groups is 1. The van der Waals surface area contributed by atoms with E-state index in [4.69, 9.17) is 4.74 Å². The van der Waals surface area contributed by atoms with Crippen LogP contribution < -0.4 is 4.90 Å². The maximum atomic E-state index is 11.8. The Labute approximate surface area is 125 Å². The van der Waals surface area contributed by atoms with Crippen LogP contribution >= 0.6 is 11.3 Å². The molecular formula is C14H14N2O4S. The standard InChI is InChI=1S/C14H14N2O4S/c1-16(14-15-5-6-21-14)12(18)9-20-13(19)8-10-3-2-4-11(17)7-10/h2-7,17H,8-9H2,1H3. The second-order valence-electron chi connectivity index (χ2n) is 4.27. The van der Waals surface area contributed by atoms with Gasteiger partial charge in [0.05, 0.1) is 6.42 Å². The number of carbonyl (C=O) groups excluding carboxylic acids is 2. The Bertz CT molecular complexity index is 628. The van der Waals surface area contributed by atoms with Gasteiger partial charge >= 0.3 is 5.97 Å². The Kier molecular flexibility index (Phi) is 4.89. The Hall–Kier alpha value is -2.41. The number of hydrogen-bond donors (Lipinski definition) is 1. The number of likely N-dealkylation sites (N-methyl/N-ethyl adjacent to an activating group) is 1. The van der Waals surface area contributed by atoms with Gasteiger partial charge in [0.1, 0.15) is 5.75 Å². The molecule has 1 amide bonds. The molecule has 7 heteroatoms. The summed E-state index contributed by atoms with van der Waals surface area (Å²) in [5.41, 5.74) is 0.626. The van der Waals surface area contributed by atoms with Crippen molar-refractivity contribution in [2.24, 2.45) is 0 Å². The van der Waals surface area contributed by atoms with Crippen molar-refractivity contribution >= 4 is 28.3 Å². The summed E-state index contributed by atoms with van der Waals surface area (Å²) in [6.45, 7) is -0.340. The normalized spacial score (nSPS) is 10.1. The molecule has 1 aromatic carbocycles. The molecule has 0 saturated heterocycles. The van der Waals surface area contributed by atoms with Crippen LogP contribution in [0.1, 0.15) is 5.56 Å². The van der Waals surface area contributed by atoms with Crippen LogP contribution in [-0.2, 0) is 20.7 Å². The number of rotatable bonds is 5. The molecule has 0 spiro atoms. The van der Waals surface area contributed by atoms with Gasteiger partial charge in [-0.3, -0.25) is 14.5 Å². The van der Waals surface area contributed by atoms with Crippen LogP contribution in [-0.4, -0.2) is 35.6 Å². The van der Waals surface area contributed by atoms with Crippen LogP contribution in [0.15, 0.2) is 35.8 Å². The monoisotopic (exact) mass is 306 g/mol. The zero-order valence-electron chi connectivity index (χ0n) is 11.4. The summed E-state index contributed by atoms with van der Waals surface area (Å²) in [6.07, 6.45) is 1.60. The van der Waals surface area contributed by atoms with Crippen molar-refractivity contribution in [1.82, 2.24) is 4.98 Å². The third-order valence-electron chi connectivity index (χ3n) is 2.70. The highest BCUT2D eigenvalue weighted by Crippen LogP contribution is 2.15. The van der Waals surface area contributed by atoms with Crippen LogP contribution in [0.3, 0.4) is 0 Å². The Morgan fingerprint density at radius 3 is 2.90 bits per heavy atom. The maximum Gasteiger partial charge on any atom is 0.310 e. The van der Waals surface area contributed by atoms with Gasteiger partial charge in [0.25, 0.3) is 5.91 Å². The lowest BCUT2D eigenvalue weighted by atomic mass is 10.1. The first kappa shape index (κ1) is 15.0. The molecular weight excluding hydrogens is 292 g/mol. The lowest BCUT2D eigenvalue weighted by Crippen LogP contribution is -2.31. The molecule has 0 fully saturated rings. The molecule has 0 bridgehead atoms. The molecule has 2 aromatic rings. The van der Waals surface area contributed by atoms with E-state index in [1.807, 2.05) is 0 Å². The van der Waals surface area contributed by atoms with Gasteiger partial charge in [0.2, 0.25) is 0 Å². The maximum absolute atomic E-state index is 11.8. The highest BCUT2D eigenvalue weighted by molar-refractivity contribution is 7.13. The summed E-state index contributed by atoms with van der Waals surface area (Å²) < 4.78 is 4.93. The summed E-state index contributed by atoms with van der Waals surface area (Å²) in [7, 11) is 1.57. The zero-order chi connectivity index (χ0) is 15.2. The van der Waals surface area contributed by atoms with E-state index in [1.54, 1.807) is 30.8 Å². The molecule has 1 aromatic heterocycles. The Morgan fingerprint density at radius 1 is 1.43 bits per heavy atom. The average Bonchev–Trinajstić information content (AvgIpc) is 2.98. The molecule has 6 nitrogen and oxygen atoms in total. The molecule has 0 aliphatic rings. The van der Waals surface area contributed by atoms with E-state index in [0.717, 1.165) is 0 Å². The minimum atomic E-state index is -0.526. The molecule has 0 atom stereocenters. The highest BCUT2D eigenvalue weighted by atomic mass is 32.1. The molecule has 0 saturated carbocycles. The van der Waals surface area contributed by atoms with Crippen LogP contribution in [0.2, 0.25) is 0 Å². The van der Waals surface area contributed by atoms with E-state index in [-0.39, 0.29) is 24.7 Å². The van der Waals surface area contributed by atoms with Gasteiger partial charge in [0.15, 0.2) is 11.7 Å². The van der Waals surface area contributed by atoms with Crippen LogP contribution in [0.4, 0.5) is 5.13 Å². The molecule has 0 radical (unpaired) electrons. The number of carbonyl (C=O) groups is 2. The van der Waals surface area contributed by atoms with Crippen molar-refractivity contribution in [1.29, 1.82) is 0 Å². The second kappa shape index (κ2) is 6.85. The summed E-state index contributed by atoms with van der Waals surface area (Å²) >= 11 is 1.32. The van der Waals surface area contributed by atoms with Crippen LogP contribution in [0.25, 0.3) is 0 Å². The van der Waals surface area contributed by atoms with E-state index in [1.165, 1.54) is 28.4 Å². The summed E-state index contributed by atoms with van der Waals surface area (Å²) in [4.78, 5) is 28.8. The van der Waals surface area contributed by atoms with Crippen molar-refractivity contribution in [3.05, 3.63) is 41.4 Å². The number of anilines is 1. The van der Waals surface area contributed by atoms with Crippen molar-refractivity contribution in [3.8, 4) is 5.75 Å². The zero-order valence-corrected chi connectivity index (χ0v) is 12.2. The first-order valence-corrected chi connectivity index (χ1v) is 7.04. The first-order chi connectivity index (χ1) is 10.1. The predicted octanol–water partition coefficient (Wildman–Crippen LogP) is 1.60. The lowest BCUT2D eigenvalue weighted by molar-refractivity contribution is -0.147. The van der Waals surface area contributed by atoms with Crippen molar-refractivity contribution < 1.29 is 19.4 Å². The summed E-state index contributed by atoms with van der Waals surface area (Å²) in [6, 6.07) is 6.33. The summed E-state index contributed by atoms with van der Waals surface area (Å²) in [5, 5.41) is 11.6. The SMILES string of the molecule is CN(C(=O)COC(=O)Cc1cccc(O)c1)c1nccs1. The van der Waals surface area contributed by atoms with Gasteiger partial charge in [-0.1, -0.05) is 12.1 Å². The number of amides is 1.